The molecule has 0 spiro atoms. The molecule has 0 aliphatic heterocycles. The lowest BCUT2D eigenvalue weighted by Crippen LogP contribution is -2.05. The first-order chi connectivity index (χ1) is 9.49. The van der Waals surface area contributed by atoms with Crippen LogP contribution in [-0.4, -0.2) is 4.92 Å². The first kappa shape index (κ1) is 14.6. The van der Waals surface area contributed by atoms with Crippen molar-refractivity contribution in [1.29, 1.82) is 0 Å². The van der Waals surface area contributed by atoms with E-state index in [4.69, 9.17) is 23.2 Å². The van der Waals surface area contributed by atoms with Gasteiger partial charge in [0, 0.05) is 22.7 Å². The summed E-state index contributed by atoms with van der Waals surface area (Å²) in [5.74, 6) is -0.690. The lowest BCUT2D eigenvalue weighted by molar-refractivity contribution is -0.384. The van der Waals surface area contributed by atoms with Crippen LogP contribution < -0.4 is 5.32 Å². The van der Waals surface area contributed by atoms with E-state index in [0.717, 1.165) is 6.07 Å². The average Bonchev–Trinajstić information content (AvgIpc) is 2.38. The molecule has 2 rings (SSSR count). The molecule has 0 fully saturated rings. The monoisotopic (exact) mass is 314 g/mol. The summed E-state index contributed by atoms with van der Waals surface area (Å²) in [6.07, 6.45) is 0. The third kappa shape index (κ3) is 3.18. The van der Waals surface area contributed by atoms with Crippen molar-refractivity contribution in [1.82, 2.24) is 0 Å². The SMILES string of the molecule is O=[N+]([O-])c1cccc(F)c1NCc1ccc(Cl)cc1Cl. The van der Waals surface area contributed by atoms with Crippen molar-refractivity contribution in [2.24, 2.45) is 0 Å². The minimum atomic E-state index is -0.690. The molecule has 1 N–H and O–H groups in total. The van der Waals surface area contributed by atoms with E-state index in [2.05, 4.69) is 5.32 Å². The molecule has 0 aliphatic carbocycles. The maximum absolute atomic E-state index is 13.7. The maximum Gasteiger partial charge on any atom is 0.295 e. The van der Waals surface area contributed by atoms with Crippen molar-refractivity contribution in [3.63, 3.8) is 0 Å². The Bertz CT molecular complexity index is 665. The van der Waals surface area contributed by atoms with E-state index < -0.39 is 10.7 Å². The number of nitrogens with zero attached hydrogens (tertiary/aromatic N) is 1. The highest BCUT2D eigenvalue weighted by Crippen LogP contribution is 2.28. The summed E-state index contributed by atoms with van der Waals surface area (Å²) < 4.78 is 13.7. The highest BCUT2D eigenvalue weighted by molar-refractivity contribution is 6.35. The highest BCUT2D eigenvalue weighted by Gasteiger charge is 2.17. The summed E-state index contributed by atoms with van der Waals surface area (Å²) in [5.41, 5.74) is 0.173. The molecule has 0 saturated heterocycles. The van der Waals surface area contributed by atoms with Gasteiger partial charge in [-0.15, -0.1) is 0 Å². The Kier molecular flexibility index (Phi) is 4.42. The first-order valence-electron chi connectivity index (χ1n) is 5.59. The van der Waals surface area contributed by atoms with Gasteiger partial charge in [0.25, 0.3) is 5.69 Å². The number of para-hydroxylation sites is 1. The number of nitro benzene ring substituents is 1. The van der Waals surface area contributed by atoms with E-state index in [0.29, 0.717) is 15.6 Å². The Morgan fingerprint density at radius 3 is 2.65 bits per heavy atom. The van der Waals surface area contributed by atoms with Gasteiger partial charge in [-0.3, -0.25) is 10.1 Å². The van der Waals surface area contributed by atoms with Crippen LogP contribution in [0.3, 0.4) is 0 Å². The number of anilines is 1. The number of halogens is 3. The summed E-state index contributed by atoms with van der Waals surface area (Å²) in [6.45, 7) is 0.151. The van der Waals surface area contributed by atoms with Crippen LogP contribution in [0, 0.1) is 15.9 Å². The van der Waals surface area contributed by atoms with E-state index in [1.807, 2.05) is 0 Å². The average molecular weight is 315 g/mol. The Morgan fingerprint density at radius 2 is 2.00 bits per heavy atom. The van der Waals surface area contributed by atoms with Crippen LogP contribution >= 0.6 is 23.2 Å². The smallest absolute Gasteiger partial charge is 0.295 e. The normalized spacial score (nSPS) is 10.3. The van der Waals surface area contributed by atoms with Gasteiger partial charge in [0.05, 0.1) is 4.92 Å². The summed E-state index contributed by atoms with van der Waals surface area (Å²) in [5, 5.41) is 14.4. The number of nitro groups is 1. The van der Waals surface area contributed by atoms with Gasteiger partial charge in [0.2, 0.25) is 0 Å². The van der Waals surface area contributed by atoms with Crippen LogP contribution in [0.4, 0.5) is 15.8 Å². The number of hydrogen-bond donors (Lipinski definition) is 1. The summed E-state index contributed by atoms with van der Waals surface area (Å²) >= 11 is 11.8. The number of benzene rings is 2. The molecule has 0 bridgehead atoms. The highest BCUT2D eigenvalue weighted by atomic mass is 35.5. The number of nitrogens with one attached hydrogen (secondary N) is 1. The molecule has 20 heavy (non-hydrogen) atoms. The molecule has 0 heterocycles. The zero-order valence-electron chi connectivity index (χ0n) is 10.1. The van der Waals surface area contributed by atoms with E-state index in [1.165, 1.54) is 12.1 Å². The second-order valence-corrected chi connectivity index (χ2v) is 4.82. The molecule has 0 aliphatic rings. The molecule has 0 atom stereocenters. The van der Waals surface area contributed by atoms with Gasteiger partial charge in [0.15, 0.2) is 5.82 Å². The summed E-state index contributed by atoms with van der Waals surface area (Å²) in [7, 11) is 0. The largest absolute Gasteiger partial charge is 0.373 e. The van der Waals surface area contributed by atoms with Crippen LogP contribution in [0.15, 0.2) is 36.4 Å². The van der Waals surface area contributed by atoms with Crippen molar-refractivity contribution >= 4 is 34.6 Å². The van der Waals surface area contributed by atoms with Crippen molar-refractivity contribution < 1.29 is 9.31 Å². The second-order valence-electron chi connectivity index (χ2n) is 3.98. The molecule has 2 aromatic rings. The van der Waals surface area contributed by atoms with E-state index in [-0.39, 0.29) is 17.9 Å². The molecule has 4 nitrogen and oxygen atoms in total. The molecule has 0 amide bonds. The van der Waals surface area contributed by atoms with E-state index in [1.54, 1.807) is 18.2 Å². The van der Waals surface area contributed by atoms with Crippen molar-refractivity contribution in [3.8, 4) is 0 Å². The van der Waals surface area contributed by atoms with Gasteiger partial charge in [-0.25, -0.2) is 4.39 Å². The summed E-state index contributed by atoms with van der Waals surface area (Å²) in [6, 6.07) is 8.53. The fourth-order valence-electron chi connectivity index (χ4n) is 1.69. The molecule has 0 unspecified atom stereocenters. The standard InChI is InChI=1S/C13H9Cl2FN2O2/c14-9-5-4-8(10(15)6-9)7-17-13-11(16)2-1-3-12(13)18(19)20/h1-6,17H,7H2. The second kappa shape index (κ2) is 6.07. The number of hydrogen-bond acceptors (Lipinski definition) is 3. The van der Waals surface area contributed by atoms with Crippen molar-refractivity contribution in [2.45, 2.75) is 6.54 Å². The lowest BCUT2D eigenvalue weighted by Gasteiger charge is -2.09. The Labute approximate surface area is 124 Å². The molecule has 2 aromatic carbocycles. The van der Waals surface area contributed by atoms with Crippen LogP contribution in [0.25, 0.3) is 0 Å². The van der Waals surface area contributed by atoms with E-state index in [9.17, 15) is 14.5 Å². The Hall–Kier alpha value is -1.85. The predicted octanol–water partition coefficient (Wildman–Crippen LogP) is 4.65. The predicted molar refractivity (Wildman–Crippen MR) is 76.8 cm³/mol. The molecule has 0 saturated carbocycles. The van der Waals surface area contributed by atoms with Crippen LogP contribution in [0.5, 0.6) is 0 Å². The lowest BCUT2D eigenvalue weighted by atomic mass is 10.2. The van der Waals surface area contributed by atoms with Gasteiger partial charge >= 0.3 is 0 Å². The minimum Gasteiger partial charge on any atom is -0.373 e. The third-order valence-corrected chi connectivity index (χ3v) is 3.25. The molecular weight excluding hydrogens is 306 g/mol. The van der Waals surface area contributed by atoms with E-state index >= 15 is 0 Å². The Balaban J connectivity index is 2.25. The number of rotatable bonds is 4. The molecule has 7 heteroatoms. The minimum absolute atomic E-state index is 0.151. The van der Waals surface area contributed by atoms with Gasteiger partial charge in [-0.1, -0.05) is 35.3 Å². The molecule has 104 valence electrons. The maximum atomic E-state index is 13.7. The van der Waals surface area contributed by atoms with Gasteiger partial charge < -0.3 is 5.32 Å². The van der Waals surface area contributed by atoms with Crippen LogP contribution in [-0.2, 0) is 6.54 Å². The molecule has 0 aromatic heterocycles. The zero-order chi connectivity index (χ0) is 14.7. The van der Waals surface area contributed by atoms with Gasteiger partial charge in [0.1, 0.15) is 5.69 Å². The van der Waals surface area contributed by atoms with Gasteiger partial charge in [-0.05, 0) is 23.8 Å². The zero-order valence-corrected chi connectivity index (χ0v) is 11.6. The molecule has 0 radical (unpaired) electrons. The van der Waals surface area contributed by atoms with Crippen molar-refractivity contribution in [3.05, 3.63) is 67.9 Å². The summed E-state index contributed by atoms with van der Waals surface area (Å²) in [4.78, 5) is 10.2. The fraction of sp³-hybridized carbons (Fsp3) is 0.0769. The van der Waals surface area contributed by atoms with Crippen molar-refractivity contribution in [2.75, 3.05) is 5.32 Å². The van der Waals surface area contributed by atoms with Crippen LogP contribution in [0.1, 0.15) is 5.56 Å². The third-order valence-electron chi connectivity index (χ3n) is 2.66. The quantitative estimate of drug-likeness (QED) is 0.660. The first-order valence-corrected chi connectivity index (χ1v) is 6.35. The topological polar surface area (TPSA) is 55.2 Å². The Morgan fingerprint density at radius 1 is 1.25 bits per heavy atom. The fourth-order valence-corrected chi connectivity index (χ4v) is 2.16. The van der Waals surface area contributed by atoms with Crippen LogP contribution in [0.2, 0.25) is 10.0 Å². The molecular formula is C13H9Cl2FN2O2. The van der Waals surface area contributed by atoms with Gasteiger partial charge in [-0.2, -0.15) is 0 Å².